The molecule has 1 aliphatic heterocycles. The predicted molar refractivity (Wildman–Crippen MR) is 136 cm³/mol. The standard InChI is InChI=1S/C23H26N4O4S3/c1-14-6-9-16(10-7-14)34(29,30)27-13-19(20(28)24-21-25-26-22(32-5)33-21)31-18-11-8-15(12-17(18)27)23(2,3)4/h6-12,19H,13H2,1-5H3,(H,24,25,28)/t19-/m0/s1. The molecule has 1 aromatic heterocycles. The van der Waals surface area contributed by atoms with Gasteiger partial charge >= 0.3 is 0 Å². The van der Waals surface area contributed by atoms with Gasteiger partial charge in [0.1, 0.15) is 5.75 Å². The summed E-state index contributed by atoms with van der Waals surface area (Å²) >= 11 is 2.66. The van der Waals surface area contributed by atoms with Gasteiger partial charge in [0.15, 0.2) is 10.4 Å². The first-order chi connectivity index (χ1) is 16.0. The maximum atomic E-state index is 13.7. The van der Waals surface area contributed by atoms with Crippen LogP contribution in [0.2, 0.25) is 0 Å². The fourth-order valence-electron chi connectivity index (χ4n) is 3.45. The Morgan fingerprint density at radius 1 is 1.18 bits per heavy atom. The summed E-state index contributed by atoms with van der Waals surface area (Å²) in [5, 5.41) is 11.0. The number of sulfonamides is 1. The first-order valence-electron chi connectivity index (χ1n) is 10.6. The number of benzene rings is 2. The van der Waals surface area contributed by atoms with Gasteiger partial charge in [-0.05, 0) is 48.4 Å². The molecule has 2 heterocycles. The van der Waals surface area contributed by atoms with Crippen LogP contribution in [0.3, 0.4) is 0 Å². The van der Waals surface area contributed by atoms with E-state index in [1.807, 2.05) is 25.3 Å². The number of hydrogen-bond donors (Lipinski definition) is 1. The Bertz CT molecular complexity index is 1310. The summed E-state index contributed by atoms with van der Waals surface area (Å²) in [6.07, 6.45) is 0.808. The number of rotatable bonds is 5. The van der Waals surface area contributed by atoms with Crippen LogP contribution in [-0.4, -0.2) is 43.4 Å². The summed E-state index contributed by atoms with van der Waals surface area (Å²) in [7, 11) is -3.95. The van der Waals surface area contributed by atoms with E-state index in [-0.39, 0.29) is 16.9 Å². The quantitative estimate of drug-likeness (QED) is 0.393. The van der Waals surface area contributed by atoms with Crippen molar-refractivity contribution >= 4 is 49.8 Å². The highest BCUT2D eigenvalue weighted by atomic mass is 32.2. The molecule has 0 bridgehead atoms. The highest BCUT2D eigenvalue weighted by molar-refractivity contribution is 8.00. The van der Waals surface area contributed by atoms with Gasteiger partial charge < -0.3 is 4.74 Å². The normalized spacial score (nSPS) is 16.0. The van der Waals surface area contributed by atoms with Crippen molar-refractivity contribution in [3.8, 4) is 5.75 Å². The number of nitrogens with zero attached hydrogens (tertiary/aromatic N) is 3. The SMILES string of the molecule is CSc1nnc(NC(=O)[C@@H]2CN(S(=O)(=O)c3ccc(C)cc3)c3cc(C(C)(C)C)ccc3O2)s1. The van der Waals surface area contributed by atoms with E-state index in [1.54, 1.807) is 30.3 Å². The zero-order valence-corrected chi connectivity index (χ0v) is 22.0. The van der Waals surface area contributed by atoms with Crippen LogP contribution in [0, 0.1) is 6.92 Å². The van der Waals surface area contributed by atoms with Gasteiger partial charge in [-0.1, -0.05) is 67.6 Å². The topological polar surface area (TPSA) is 101 Å². The average molecular weight is 519 g/mol. The molecule has 8 nitrogen and oxygen atoms in total. The minimum absolute atomic E-state index is 0.153. The van der Waals surface area contributed by atoms with Crippen molar-refractivity contribution in [3.63, 3.8) is 0 Å². The van der Waals surface area contributed by atoms with Crippen LogP contribution in [0.5, 0.6) is 5.75 Å². The number of aromatic nitrogens is 2. The molecule has 1 amide bonds. The summed E-state index contributed by atoms with van der Waals surface area (Å²) < 4.78 is 35.4. The molecule has 2 aromatic carbocycles. The number of anilines is 2. The van der Waals surface area contributed by atoms with Gasteiger partial charge in [0.2, 0.25) is 5.13 Å². The molecule has 3 aromatic rings. The maximum Gasteiger partial charge on any atom is 0.269 e. The van der Waals surface area contributed by atoms with Crippen LogP contribution in [0.4, 0.5) is 10.8 Å². The number of hydrogen-bond acceptors (Lipinski definition) is 8. The van der Waals surface area contributed by atoms with Crippen molar-refractivity contribution in [2.75, 3.05) is 22.4 Å². The lowest BCUT2D eigenvalue weighted by molar-refractivity contribution is -0.122. The third-order valence-corrected chi connectivity index (χ3v) is 9.02. The third-order valence-electron chi connectivity index (χ3n) is 5.41. The molecule has 0 aliphatic carbocycles. The van der Waals surface area contributed by atoms with Crippen LogP contribution >= 0.6 is 23.1 Å². The van der Waals surface area contributed by atoms with Gasteiger partial charge in [0, 0.05) is 0 Å². The Morgan fingerprint density at radius 2 is 1.88 bits per heavy atom. The van der Waals surface area contributed by atoms with Crippen molar-refractivity contribution in [1.82, 2.24) is 10.2 Å². The first kappa shape index (κ1) is 24.5. The summed E-state index contributed by atoms with van der Waals surface area (Å²) in [6.45, 7) is 7.89. The lowest BCUT2D eigenvalue weighted by Crippen LogP contribution is -2.49. The van der Waals surface area contributed by atoms with Crippen LogP contribution < -0.4 is 14.4 Å². The van der Waals surface area contributed by atoms with Crippen LogP contribution in [0.25, 0.3) is 0 Å². The molecule has 0 radical (unpaired) electrons. The van der Waals surface area contributed by atoms with E-state index in [4.69, 9.17) is 4.74 Å². The van der Waals surface area contributed by atoms with Crippen molar-refractivity contribution in [2.45, 2.75) is 48.4 Å². The summed E-state index contributed by atoms with van der Waals surface area (Å²) in [5.41, 5.74) is 2.13. The molecule has 34 heavy (non-hydrogen) atoms. The van der Waals surface area contributed by atoms with Crippen LogP contribution in [-0.2, 0) is 20.2 Å². The summed E-state index contributed by atoms with van der Waals surface area (Å²) in [5.74, 6) is -0.157. The smallest absolute Gasteiger partial charge is 0.269 e. The van der Waals surface area contributed by atoms with E-state index in [0.29, 0.717) is 20.9 Å². The van der Waals surface area contributed by atoms with Crippen LogP contribution in [0.15, 0.2) is 51.7 Å². The van der Waals surface area contributed by atoms with E-state index in [2.05, 4.69) is 36.3 Å². The molecule has 4 rings (SSSR count). The summed E-state index contributed by atoms with van der Waals surface area (Å²) in [6, 6.07) is 12.1. The number of carbonyl (C=O) groups excluding carboxylic acids is 1. The van der Waals surface area contributed by atoms with Crippen molar-refractivity contribution in [1.29, 1.82) is 0 Å². The minimum atomic E-state index is -3.95. The molecule has 1 atom stereocenters. The van der Waals surface area contributed by atoms with E-state index < -0.39 is 22.0 Å². The second kappa shape index (κ2) is 9.20. The van der Waals surface area contributed by atoms with Crippen LogP contribution in [0.1, 0.15) is 31.9 Å². The summed E-state index contributed by atoms with van der Waals surface area (Å²) in [4.78, 5) is 13.2. The molecule has 1 N–H and O–H groups in total. The Labute approximate surface area is 207 Å². The van der Waals surface area contributed by atoms with Gasteiger partial charge in [-0.15, -0.1) is 10.2 Å². The van der Waals surface area contributed by atoms with E-state index in [1.165, 1.54) is 27.4 Å². The molecular weight excluding hydrogens is 492 g/mol. The molecule has 0 spiro atoms. The fourth-order valence-corrected chi connectivity index (χ4v) is 6.09. The average Bonchev–Trinajstić information content (AvgIpc) is 3.25. The Kier molecular flexibility index (Phi) is 6.63. The lowest BCUT2D eigenvalue weighted by Gasteiger charge is -2.35. The van der Waals surface area contributed by atoms with Gasteiger partial charge in [0.25, 0.3) is 15.9 Å². The van der Waals surface area contributed by atoms with Gasteiger partial charge in [0.05, 0.1) is 17.1 Å². The van der Waals surface area contributed by atoms with Gasteiger partial charge in [-0.25, -0.2) is 8.42 Å². The number of nitrogens with one attached hydrogen (secondary N) is 1. The maximum absolute atomic E-state index is 13.7. The molecule has 11 heteroatoms. The van der Waals surface area contributed by atoms with E-state index in [9.17, 15) is 13.2 Å². The van der Waals surface area contributed by atoms with Gasteiger partial charge in [-0.2, -0.15) is 0 Å². The largest absolute Gasteiger partial charge is 0.476 e. The lowest BCUT2D eigenvalue weighted by atomic mass is 9.86. The molecule has 0 saturated carbocycles. The predicted octanol–water partition coefficient (Wildman–Crippen LogP) is 4.46. The second-order valence-electron chi connectivity index (χ2n) is 8.95. The number of ether oxygens (including phenoxy) is 1. The zero-order valence-electron chi connectivity index (χ0n) is 19.5. The molecule has 0 saturated heterocycles. The number of carbonyl (C=O) groups is 1. The van der Waals surface area contributed by atoms with Crippen molar-refractivity contribution < 1.29 is 17.9 Å². The Balaban J connectivity index is 1.73. The van der Waals surface area contributed by atoms with E-state index in [0.717, 1.165) is 11.1 Å². The Hall–Kier alpha value is -2.63. The number of amides is 1. The highest BCUT2D eigenvalue weighted by Gasteiger charge is 2.38. The van der Waals surface area contributed by atoms with Gasteiger partial charge in [-0.3, -0.25) is 14.4 Å². The second-order valence-corrected chi connectivity index (χ2v) is 12.8. The third kappa shape index (κ3) is 4.91. The number of aryl methyl sites for hydroxylation is 1. The number of fused-ring (bicyclic) bond motifs is 1. The first-order valence-corrected chi connectivity index (χ1v) is 14.1. The van der Waals surface area contributed by atoms with Crippen molar-refractivity contribution in [3.05, 3.63) is 53.6 Å². The molecule has 1 aliphatic rings. The number of thioether (sulfide) groups is 1. The molecular formula is C23H26N4O4S3. The minimum Gasteiger partial charge on any atom is -0.476 e. The zero-order chi connectivity index (χ0) is 24.7. The highest BCUT2D eigenvalue weighted by Crippen LogP contribution is 2.40. The molecule has 0 unspecified atom stereocenters. The molecule has 0 fully saturated rings. The fraction of sp³-hybridized carbons (Fsp3) is 0.348. The monoisotopic (exact) mass is 518 g/mol. The Morgan fingerprint density at radius 3 is 2.50 bits per heavy atom. The molecule has 180 valence electrons. The van der Waals surface area contributed by atoms with E-state index >= 15 is 0 Å². The van der Waals surface area contributed by atoms with Crippen molar-refractivity contribution in [2.24, 2.45) is 0 Å².